The largest absolute Gasteiger partial charge is 0.336 e. The average Bonchev–Trinajstić information content (AvgIpc) is 3.58. The predicted octanol–water partition coefficient (Wildman–Crippen LogP) is 3.18. The molecule has 2 aromatic heterocycles. The second-order valence-electron chi connectivity index (χ2n) is 9.97. The maximum absolute atomic E-state index is 15.8. The van der Waals surface area contributed by atoms with Crippen molar-refractivity contribution in [3.63, 3.8) is 0 Å². The summed E-state index contributed by atoms with van der Waals surface area (Å²) in [5.74, 6) is -6.32. The van der Waals surface area contributed by atoms with Gasteiger partial charge in [-0.3, -0.25) is 0 Å². The minimum Gasteiger partial charge on any atom is -0.247 e. The van der Waals surface area contributed by atoms with Crippen molar-refractivity contribution in [3.8, 4) is 11.3 Å². The summed E-state index contributed by atoms with van der Waals surface area (Å²) in [5.41, 5.74) is -0.193. The summed E-state index contributed by atoms with van der Waals surface area (Å²) >= 11 is 0. The third-order valence-corrected chi connectivity index (χ3v) is 9.16. The molecule has 0 saturated heterocycles. The number of fused-ring (bicyclic) bond motifs is 3. The second kappa shape index (κ2) is 7.11. The molecule has 4 aromatic rings. The van der Waals surface area contributed by atoms with Crippen LogP contribution in [0, 0.1) is 28.4 Å². The van der Waals surface area contributed by atoms with Crippen LogP contribution in [0.25, 0.3) is 29.1 Å². The highest BCUT2D eigenvalue weighted by Gasteiger charge is 2.87. The molecule has 6 nitrogen and oxygen atoms in total. The number of rotatable bonds is 5. The van der Waals surface area contributed by atoms with Gasteiger partial charge in [0.25, 0.3) is 0 Å². The van der Waals surface area contributed by atoms with Crippen molar-refractivity contribution in [2.45, 2.75) is 30.6 Å². The van der Waals surface area contributed by atoms with Crippen LogP contribution in [0.5, 0.6) is 0 Å². The first-order valence-electron chi connectivity index (χ1n) is 11.7. The van der Waals surface area contributed by atoms with E-state index in [1.807, 2.05) is 12.2 Å². The smallest absolute Gasteiger partial charge is 0.247 e. The van der Waals surface area contributed by atoms with Crippen LogP contribution < -0.4 is 15.6 Å². The van der Waals surface area contributed by atoms with E-state index in [1.165, 1.54) is 30.3 Å². The molecule has 3 aliphatic carbocycles. The first kappa shape index (κ1) is 22.7. The summed E-state index contributed by atoms with van der Waals surface area (Å²) in [6.07, 6.45) is 5.89. The van der Waals surface area contributed by atoms with E-state index in [9.17, 15) is 8.60 Å². The van der Waals surface area contributed by atoms with Gasteiger partial charge in [0.2, 0.25) is 5.82 Å². The SMILES string of the molecule is CCC12CC13C=c1ccc(C(F)(F)c4nnc5ccc(-c6ccc(S(N)=O)c(F)c6)nn45)c(F)c1=CC32. The van der Waals surface area contributed by atoms with Gasteiger partial charge in [0.15, 0.2) is 5.65 Å². The van der Waals surface area contributed by atoms with Gasteiger partial charge in [0.1, 0.15) is 22.6 Å². The monoisotopic (exact) mass is 525 g/mol. The van der Waals surface area contributed by atoms with Crippen LogP contribution in [0.15, 0.2) is 47.4 Å². The highest BCUT2D eigenvalue weighted by atomic mass is 32.2. The van der Waals surface area contributed by atoms with Crippen molar-refractivity contribution in [1.82, 2.24) is 19.8 Å². The van der Waals surface area contributed by atoms with E-state index in [1.54, 1.807) is 0 Å². The number of nitrogens with two attached hydrogens (primary N) is 1. The zero-order valence-electron chi connectivity index (χ0n) is 19.4. The van der Waals surface area contributed by atoms with E-state index >= 15 is 13.2 Å². The average molecular weight is 526 g/mol. The summed E-state index contributed by atoms with van der Waals surface area (Å²) in [6.45, 7) is 2.11. The predicted molar refractivity (Wildman–Crippen MR) is 128 cm³/mol. The third-order valence-electron chi connectivity index (χ3n) is 8.39. The van der Waals surface area contributed by atoms with Crippen molar-refractivity contribution in [2.75, 3.05) is 0 Å². The first-order chi connectivity index (χ1) is 17.6. The quantitative estimate of drug-likeness (QED) is 0.406. The Balaban J connectivity index is 1.32. The third kappa shape index (κ3) is 2.84. The summed E-state index contributed by atoms with van der Waals surface area (Å²) in [6, 6.07) is 9.22. The Morgan fingerprint density at radius 2 is 1.97 bits per heavy atom. The van der Waals surface area contributed by atoms with E-state index in [2.05, 4.69) is 22.2 Å². The summed E-state index contributed by atoms with van der Waals surface area (Å²) in [5, 5.41) is 17.7. The minimum atomic E-state index is -3.85. The number of halogens is 4. The van der Waals surface area contributed by atoms with Crippen LogP contribution in [0.4, 0.5) is 17.6 Å². The van der Waals surface area contributed by atoms with Gasteiger partial charge in [-0.2, -0.15) is 18.4 Å². The van der Waals surface area contributed by atoms with Crippen molar-refractivity contribution in [2.24, 2.45) is 21.9 Å². The molecule has 1 spiro atoms. The van der Waals surface area contributed by atoms with Gasteiger partial charge in [-0.25, -0.2) is 18.1 Å². The molecule has 3 aliphatic rings. The molecule has 0 aliphatic heterocycles. The van der Waals surface area contributed by atoms with E-state index in [0.717, 1.165) is 29.5 Å². The molecule has 0 bridgehead atoms. The van der Waals surface area contributed by atoms with Gasteiger partial charge in [-0.05, 0) is 59.7 Å². The molecule has 188 valence electrons. The minimum absolute atomic E-state index is 0.0155. The number of nitrogens with zero attached hydrogens (tertiary/aromatic N) is 4. The summed E-state index contributed by atoms with van der Waals surface area (Å²) in [7, 11) is -2.02. The Labute approximate surface area is 210 Å². The van der Waals surface area contributed by atoms with Crippen LogP contribution in [0.1, 0.15) is 31.2 Å². The maximum atomic E-state index is 15.8. The lowest BCUT2D eigenvalue weighted by Crippen LogP contribution is -2.36. The molecule has 0 radical (unpaired) electrons. The van der Waals surface area contributed by atoms with Gasteiger partial charge in [0.05, 0.1) is 16.2 Å². The Hall–Kier alpha value is -3.44. The van der Waals surface area contributed by atoms with Gasteiger partial charge >= 0.3 is 5.92 Å². The van der Waals surface area contributed by atoms with E-state index in [-0.39, 0.29) is 43.8 Å². The van der Waals surface area contributed by atoms with Crippen molar-refractivity contribution in [3.05, 3.63) is 75.9 Å². The number of benzene rings is 2. The van der Waals surface area contributed by atoms with Crippen LogP contribution in [-0.2, 0) is 16.9 Å². The van der Waals surface area contributed by atoms with Crippen LogP contribution in [-0.4, -0.2) is 24.0 Å². The fourth-order valence-electron chi connectivity index (χ4n) is 6.24. The lowest BCUT2D eigenvalue weighted by molar-refractivity contribution is 0.0266. The fraction of sp³-hybridized carbons (Fsp3) is 0.269. The van der Waals surface area contributed by atoms with Gasteiger partial charge in [-0.1, -0.05) is 31.2 Å². The number of aromatic nitrogens is 4. The molecular formula is C26H19F4N5OS. The molecule has 7 rings (SSSR count). The van der Waals surface area contributed by atoms with Crippen molar-refractivity contribution >= 4 is 28.8 Å². The molecule has 0 amide bonds. The Kier molecular flexibility index (Phi) is 4.37. The van der Waals surface area contributed by atoms with E-state index in [4.69, 9.17) is 5.14 Å². The van der Waals surface area contributed by atoms with Gasteiger partial charge < -0.3 is 0 Å². The normalized spacial score (nSPS) is 25.9. The van der Waals surface area contributed by atoms with Crippen LogP contribution in [0.2, 0.25) is 0 Å². The maximum Gasteiger partial charge on any atom is 0.336 e. The van der Waals surface area contributed by atoms with Crippen molar-refractivity contribution < 1.29 is 21.8 Å². The van der Waals surface area contributed by atoms with E-state index in [0.29, 0.717) is 5.22 Å². The topological polar surface area (TPSA) is 86.2 Å². The lowest BCUT2D eigenvalue weighted by Gasteiger charge is -2.18. The molecule has 4 unspecified atom stereocenters. The molecule has 4 atom stereocenters. The number of alkyl halides is 2. The van der Waals surface area contributed by atoms with Gasteiger partial charge in [0, 0.05) is 16.2 Å². The summed E-state index contributed by atoms with van der Waals surface area (Å²) < 4.78 is 73.8. The molecule has 2 saturated carbocycles. The molecular weight excluding hydrogens is 506 g/mol. The molecule has 2 fully saturated rings. The molecule has 2 N–H and O–H groups in total. The Morgan fingerprint density at radius 1 is 1.16 bits per heavy atom. The molecule has 2 aromatic carbocycles. The molecule has 11 heteroatoms. The molecule has 2 heterocycles. The Morgan fingerprint density at radius 3 is 2.70 bits per heavy atom. The second-order valence-corrected chi connectivity index (χ2v) is 11.0. The number of hydrogen-bond acceptors (Lipinski definition) is 4. The zero-order chi connectivity index (χ0) is 25.9. The molecule has 37 heavy (non-hydrogen) atoms. The Bertz CT molecular complexity index is 1820. The van der Waals surface area contributed by atoms with E-state index < -0.39 is 39.9 Å². The zero-order valence-corrected chi connectivity index (χ0v) is 20.2. The first-order valence-corrected chi connectivity index (χ1v) is 12.9. The number of hydrogen-bond donors (Lipinski definition) is 1. The summed E-state index contributed by atoms with van der Waals surface area (Å²) in [4.78, 5) is -0.197. The lowest BCUT2D eigenvalue weighted by atomic mass is 9.92. The highest BCUT2D eigenvalue weighted by molar-refractivity contribution is 7.82. The van der Waals surface area contributed by atoms with Crippen LogP contribution >= 0.6 is 0 Å². The van der Waals surface area contributed by atoms with Crippen molar-refractivity contribution in [1.29, 1.82) is 0 Å². The van der Waals surface area contributed by atoms with Gasteiger partial charge in [-0.15, -0.1) is 10.2 Å². The fourth-order valence-corrected chi connectivity index (χ4v) is 6.69. The highest BCUT2D eigenvalue weighted by Crippen LogP contribution is 2.93. The van der Waals surface area contributed by atoms with Crippen LogP contribution in [0.3, 0.4) is 0 Å². The standard InChI is InChI=1S/C26H19F4N5OS/c1-2-24-12-25(24)11-14-3-5-16(22(28)15(14)10-20(24)25)26(29,30)23-33-32-21-8-6-18(34-35(21)23)13-4-7-19(37(31)36)17(27)9-13/h3-11,20H,2,12,31H2,1H3.